The van der Waals surface area contributed by atoms with Gasteiger partial charge < -0.3 is 10.2 Å². The van der Waals surface area contributed by atoms with E-state index >= 15 is 0 Å². The van der Waals surface area contributed by atoms with Crippen molar-refractivity contribution in [2.45, 2.75) is 26.2 Å². The fraction of sp³-hybridized carbons (Fsp3) is 0.571. The zero-order valence-corrected chi connectivity index (χ0v) is 6.29. The number of hydrogen-bond donors (Lipinski definition) is 1. The zero-order valence-electron chi connectivity index (χ0n) is 6.29. The van der Waals surface area contributed by atoms with Crippen LogP contribution in [0.2, 0.25) is 0 Å². The molecule has 2 N–H and O–H groups in total. The van der Waals surface area contributed by atoms with Crippen LogP contribution in [0.3, 0.4) is 0 Å². The van der Waals surface area contributed by atoms with Crippen LogP contribution in [0.1, 0.15) is 31.9 Å². The van der Waals surface area contributed by atoms with E-state index in [9.17, 15) is 0 Å². The van der Waals surface area contributed by atoms with Crippen molar-refractivity contribution in [3.8, 4) is 0 Å². The lowest BCUT2D eigenvalue weighted by molar-refractivity contribution is 0.480. The molecular weight excluding hydrogens is 128 g/mol. The van der Waals surface area contributed by atoms with Crippen molar-refractivity contribution >= 4 is 6.01 Å². The van der Waals surface area contributed by atoms with Crippen LogP contribution < -0.4 is 5.73 Å². The van der Waals surface area contributed by atoms with Crippen LogP contribution >= 0.6 is 0 Å². The van der Waals surface area contributed by atoms with Crippen molar-refractivity contribution in [2.24, 2.45) is 0 Å². The van der Waals surface area contributed by atoms with Crippen molar-refractivity contribution < 1.29 is 4.42 Å². The Hall–Kier alpha value is -0.990. The van der Waals surface area contributed by atoms with Crippen molar-refractivity contribution in [3.63, 3.8) is 0 Å². The average Bonchev–Trinajstić information content (AvgIpc) is 2.34. The molecule has 0 saturated heterocycles. The Morgan fingerprint density at radius 3 is 2.90 bits per heavy atom. The first-order valence-electron chi connectivity index (χ1n) is 3.45. The summed E-state index contributed by atoms with van der Waals surface area (Å²) >= 11 is 0. The summed E-state index contributed by atoms with van der Waals surface area (Å²) in [5.41, 5.74) is 5.29. The van der Waals surface area contributed by atoms with Crippen LogP contribution in [0.5, 0.6) is 0 Å². The first-order valence-corrected chi connectivity index (χ1v) is 3.45. The molecule has 56 valence electrons. The van der Waals surface area contributed by atoms with Crippen molar-refractivity contribution in [3.05, 3.63) is 12.0 Å². The summed E-state index contributed by atoms with van der Waals surface area (Å²) in [6.07, 6.45) is 2.73. The van der Waals surface area contributed by atoms with Gasteiger partial charge in [-0.3, -0.25) is 0 Å². The Labute approximate surface area is 60.2 Å². The van der Waals surface area contributed by atoms with E-state index in [0.717, 1.165) is 12.2 Å². The molecule has 3 heteroatoms. The summed E-state index contributed by atoms with van der Waals surface area (Å²) in [5.74, 6) is 1.30. The number of anilines is 1. The van der Waals surface area contributed by atoms with Gasteiger partial charge in [-0.25, -0.2) is 4.98 Å². The Bertz CT molecular complexity index is 207. The first kappa shape index (κ1) is 7.12. The third-order valence-electron chi connectivity index (χ3n) is 1.64. The molecule has 1 aromatic heterocycles. The smallest absolute Gasteiger partial charge is 0.292 e. The molecule has 0 fully saturated rings. The molecule has 0 bridgehead atoms. The fourth-order valence-electron chi connectivity index (χ4n) is 0.730. The fourth-order valence-corrected chi connectivity index (χ4v) is 0.730. The van der Waals surface area contributed by atoms with Gasteiger partial charge in [0, 0.05) is 5.92 Å². The van der Waals surface area contributed by atoms with E-state index in [2.05, 4.69) is 18.8 Å². The largest absolute Gasteiger partial charge is 0.429 e. The quantitative estimate of drug-likeness (QED) is 0.681. The number of aromatic nitrogens is 1. The van der Waals surface area contributed by atoms with Gasteiger partial charge in [0.25, 0.3) is 6.01 Å². The molecule has 1 rings (SSSR count). The Kier molecular flexibility index (Phi) is 1.94. The molecule has 0 spiro atoms. The molecule has 1 heterocycles. The van der Waals surface area contributed by atoms with Gasteiger partial charge in [-0.05, 0) is 6.42 Å². The molecule has 0 amide bonds. The predicted octanol–water partition coefficient (Wildman–Crippen LogP) is 1.77. The number of nitrogens with zero attached hydrogens (tertiary/aromatic N) is 1. The van der Waals surface area contributed by atoms with Gasteiger partial charge in [0.15, 0.2) is 0 Å². The monoisotopic (exact) mass is 140 g/mol. The molecule has 0 aliphatic carbocycles. The minimum absolute atomic E-state index is 0.260. The number of nitrogen functional groups attached to an aromatic ring is 1. The summed E-state index contributed by atoms with van der Waals surface area (Å²) in [7, 11) is 0. The van der Waals surface area contributed by atoms with E-state index < -0.39 is 0 Å². The lowest BCUT2D eigenvalue weighted by Crippen LogP contribution is -1.87. The third kappa shape index (κ3) is 1.29. The molecule has 1 atom stereocenters. The molecule has 0 aliphatic heterocycles. The van der Waals surface area contributed by atoms with Gasteiger partial charge in [-0.2, -0.15) is 0 Å². The maximum atomic E-state index is 5.29. The van der Waals surface area contributed by atoms with Gasteiger partial charge in [-0.15, -0.1) is 0 Å². The number of oxazole rings is 1. The summed E-state index contributed by atoms with van der Waals surface area (Å²) in [5, 5.41) is 0. The van der Waals surface area contributed by atoms with Crippen LogP contribution in [-0.4, -0.2) is 4.98 Å². The van der Waals surface area contributed by atoms with Crippen LogP contribution in [-0.2, 0) is 0 Å². The Balaban J connectivity index is 2.74. The molecule has 0 saturated carbocycles. The number of rotatable bonds is 2. The lowest BCUT2D eigenvalue weighted by Gasteiger charge is -2.00. The molecule has 3 nitrogen and oxygen atoms in total. The van der Waals surface area contributed by atoms with Crippen LogP contribution in [0.15, 0.2) is 10.6 Å². The Morgan fingerprint density at radius 1 is 1.80 bits per heavy atom. The minimum Gasteiger partial charge on any atom is -0.429 e. The molecular formula is C7H12N2O. The summed E-state index contributed by atoms with van der Waals surface area (Å²) in [4.78, 5) is 3.80. The summed E-state index contributed by atoms with van der Waals surface area (Å²) in [6.45, 7) is 4.18. The van der Waals surface area contributed by atoms with E-state index in [-0.39, 0.29) is 6.01 Å². The molecule has 0 aliphatic rings. The molecule has 10 heavy (non-hydrogen) atoms. The average molecular weight is 140 g/mol. The van der Waals surface area contributed by atoms with Crippen LogP contribution in [0.4, 0.5) is 6.01 Å². The van der Waals surface area contributed by atoms with Crippen molar-refractivity contribution in [1.82, 2.24) is 4.98 Å². The van der Waals surface area contributed by atoms with E-state index in [1.165, 1.54) is 0 Å². The highest BCUT2D eigenvalue weighted by atomic mass is 16.4. The third-order valence-corrected chi connectivity index (χ3v) is 1.64. The van der Waals surface area contributed by atoms with Crippen LogP contribution in [0, 0.1) is 0 Å². The van der Waals surface area contributed by atoms with Crippen LogP contribution in [0.25, 0.3) is 0 Å². The molecule has 0 radical (unpaired) electrons. The highest BCUT2D eigenvalue weighted by Crippen LogP contribution is 2.19. The maximum Gasteiger partial charge on any atom is 0.292 e. The highest BCUT2D eigenvalue weighted by molar-refractivity contribution is 5.12. The van der Waals surface area contributed by atoms with Crippen molar-refractivity contribution in [1.29, 1.82) is 0 Å². The van der Waals surface area contributed by atoms with Gasteiger partial charge in [0.2, 0.25) is 0 Å². The summed E-state index contributed by atoms with van der Waals surface area (Å²) in [6, 6.07) is 0.260. The second kappa shape index (κ2) is 2.73. The normalized spacial score (nSPS) is 13.4. The molecule has 0 aromatic carbocycles. The predicted molar refractivity (Wildman–Crippen MR) is 39.6 cm³/mol. The summed E-state index contributed by atoms with van der Waals surface area (Å²) < 4.78 is 5.10. The van der Waals surface area contributed by atoms with E-state index in [1.54, 1.807) is 6.20 Å². The first-order chi connectivity index (χ1) is 4.74. The topological polar surface area (TPSA) is 52.0 Å². The molecule has 1 aromatic rings. The number of hydrogen-bond acceptors (Lipinski definition) is 3. The highest BCUT2D eigenvalue weighted by Gasteiger charge is 2.06. The van der Waals surface area contributed by atoms with E-state index in [4.69, 9.17) is 10.2 Å². The maximum absolute atomic E-state index is 5.29. The number of nitrogens with two attached hydrogens (primary N) is 1. The van der Waals surface area contributed by atoms with Gasteiger partial charge in [0.05, 0.1) is 6.20 Å². The Morgan fingerprint density at radius 2 is 2.50 bits per heavy atom. The van der Waals surface area contributed by atoms with E-state index in [0.29, 0.717) is 5.92 Å². The van der Waals surface area contributed by atoms with Gasteiger partial charge in [-0.1, -0.05) is 13.8 Å². The lowest BCUT2D eigenvalue weighted by atomic mass is 10.1. The second-order valence-corrected chi connectivity index (χ2v) is 2.41. The SMILES string of the molecule is CCC(C)c1cnc(N)o1. The van der Waals surface area contributed by atoms with Gasteiger partial charge in [0.1, 0.15) is 5.76 Å². The minimum atomic E-state index is 0.260. The molecule has 1 unspecified atom stereocenters. The van der Waals surface area contributed by atoms with E-state index in [1.807, 2.05) is 0 Å². The van der Waals surface area contributed by atoms with Gasteiger partial charge >= 0.3 is 0 Å². The standard InChI is InChI=1S/C7H12N2O/c1-3-5(2)6-4-9-7(8)10-6/h4-5H,3H2,1-2H3,(H2,8,9). The van der Waals surface area contributed by atoms with Crippen molar-refractivity contribution in [2.75, 3.05) is 5.73 Å². The zero-order chi connectivity index (χ0) is 7.56. The second-order valence-electron chi connectivity index (χ2n) is 2.41.